The second kappa shape index (κ2) is 4.32. The third kappa shape index (κ3) is 2.20. The summed E-state index contributed by atoms with van der Waals surface area (Å²) in [5, 5.41) is 2.78. The van der Waals surface area contributed by atoms with Crippen molar-refractivity contribution >= 4 is 22.6 Å². The molecule has 0 spiro atoms. The number of imidazole rings is 1. The molecule has 2 aromatic rings. The number of aromatic amines is 1. The zero-order valence-electron chi connectivity index (χ0n) is 9.08. The quantitative estimate of drug-likeness (QED) is 0.722. The van der Waals surface area contributed by atoms with Crippen molar-refractivity contribution in [1.29, 1.82) is 0 Å². The van der Waals surface area contributed by atoms with Crippen molar-refractivity contribution in [3.63, 3.8) is 0 Å². The summed E-state index contributed by atoms with van der Waals surface area (Å²) in [7, 11) is 0. The third-order valence-electron chi connectivity index (χ3n) is 2.26. The van der Waals surface area contributed by atoms with Crippen LogP contribution in [0.4, 0.5) is 5.69 Å². The van der Waals surface area contributed by atoms with Crippen molar-refractivity contribution in [2.45, 2.75) is 13.3 Å². The van der Waals surface area contributed by atoms with Gasteiger partial charge < -0.3 is 16.0 Å². The van der Waals surface area contributed by atoms with Crippen LogP contribution < -0.4 is 11.1 Å². The van der Waals surface area contributed by atoms with Gasteiger partial charge in [0.25, 0.3) is 0 Å². The van der Waals surface area contributed by atoms with Gasteiger partial charge in [0, 0.05) is 18.7 Å². The summed E-state index contributed by atoms with van der Waals surface area (Å²) in [6.07, 6.45) is 0.333. The van der Waals surface area contributed by atoms with E-state index in [1.807, 2.05) is 25.1 Å². The van der Waals surface area contributed by atoms with E-state index in [1.165, 1.54) is 0 Å². The number of nitrogens with two attached hydrogens (primary N) is 1. The van der Waals surface area contributed by atoms with Crippen molar-refractivity contribution in [2.24, 2.45) is 5.73 Å². The minimum Gasteiger partial charge on any atom is -0.342 e. The highest BCUT2D eigenvalue weighted by molar-refractivity contribution is 5.93. The summed E-state index contributed by atoms with van der Waals surface area (Å²) < 4.78 is 0. The lowest BCUT2D eigenvalue weighted by molar-refractivity contribution is -0.116. The molecular formula is C11H14N4O. The molecule has 5 nitrogen and oxygen atoms in total. The maximum Gasteiger partial charge on any atom is 0.225 e. The first kappa shape index (κ1) is 10.6. The molecule has 0 unspecified atom stereocenters. The first-order valence-corrected chi connectivity index (χ1v) is 5.15. The largest absolute Gasteiger partial charge is 0.342 e. The second-order valence-corrected chi connectivity index (χ2v) is 3.64. The molecule has 0 saturated carbocycles. The number of aryl methyl sites for hydroxylation is 1. The van der Waals surface area contributed by atoms with Crippen LogP contribution in [0.25, 0.3) is 11.0 Å². The molecule has 0 fully saturated rings. The normalized spacial score (nSPS) is 10.6. The molecule has 1 aromatic heterocycles. The van der Waals surface area contributed by atoms with Gasteiger partial charge in [0.05, 0.1) is 11.0 Å². The summed E-state index contributed by atoms with van der Waals surface area (Å²) in [6, 6.07) is 5.57. The lowest BCUT2D eigenvalue weighted by atomic mass is 10.2. The van der Waals surface area contributed by atoms with E-state index in [-0.39, 0.29) is 5.91 Å². The standard InChI is InChI=1S/C11H14N4O/c1-7-13-9-3-2-8(6-10(9)14-7)15-11(16)4-5-12/h2-3,6H,4-5,12H2,1H3,(H,13,14)(H,15,16). The van der Waals surface area contributed by atoms with Crippen LogP contribution in [0, 0.1) is 6.92 Å². The van der Waals surface area contributed by atoms with E-state index in [0.29, 0.717) is 13.0 Å². The Kier molecular flexibility index (Phi) is 2.87. The zero-order chi connectivity index (χ0) is 11.5. The Hall–Kier alpha value is -1.88. The van der Waals surface area contributed by atoms with Gasteiger partial charge >= 0.3 is 0 Å². The van der Waals surface area contributed by atoms with E-state index >= 15 is 0 Å². The highest BCUT2D eigenvalue weighted by Gasteiger charge is 2.03. The molecule has 0 saturated heterocycles. The molecule has 0 atom stereocenters. The predicted octanol–water partition coefficient (Wildman–Crippen LogP) is 1.16. The van der Waals surface area contributed by atoms with E-state index in [9.17, 15) is 4.79 Å². The van der Waals surface area contributed by atoms with E-state index < -0.39 is 0 Å². The number of benzene rings is 1. The molecule has 0 bridgehead atoms. The Morgan fingerprint density at radius 1 is 1.56 bits per heavy atom. The van der Waals surface area contributed by atoms with Crippen LogP contribution in [0.3, 0.4) is 0 Å². The Bertz CT molecular complexity index is 518. The van der Waals surface area contributed by atoms with E-state index in [2.05, 4.69) is 15.3 Å². The van der Waals surface area contributed by atoms with Crippen molar-refractivity contribution in [3.05, 3.63) is 24.0 Å². The number of amides is 1. The lowest BCUT2D eigenvalue weighted by Gasteiger charge is -2.03. The van der Waals surface area contributed by atoms with Gasteiger partial charge in [-0.15, -0.1) is 0 Å². The van der Waals surface area contributed by atoms with E-state index in [0.717, 1.165) is 22.5 Å². The molecule has 0 aliphatic heterocycles. The summed E-state index contributed by atoms with van der Waals surface area (Å²) in [5.74, 6) is 0.790. The molecule has 1 amide bonds. The molecule has 5 heteroatoms. The summed E-state index contributed by atoms with van der Waals surface area (Å²) >= 11 is 0. The fraction of sp³-hybridized carbons (Fsp3) is 0.273. The van der Waals surface area contributed by atoms with Crippen LogP contribution >= 0.6 is 0 Å². The van der Waals surface area contributed by atoms with Gasteiger partial charge in [-0.2, -0.15) is 0 Å². The Labute approximate surface area is 93.1 Å². The number of carbonyl (C=O) groups excluding carboxylic acids is 1. The summed E-state index contributed by atoms with van der Waals surface area (Å²) in [6.45, 7) is 2.25. The Morgan fingerprint density at radius 3 is 3.12 bits per heavy atom. The van der Waals surface area contributed by atoms with Gasteiger partial charge in [0.1, 0.15) is 5.82 Å². The van der Waals surface area contributed by atoms with Crippen molar-refractivity contribution < 1.29 is 4.79 Å². The topological polar surface area (TPSA) is 83.8 Å². The fourth-order valence-electron chi connectivity index (χ4n) is 1.57. The number of fused-ring (bicyclic) bond motifs is 1. The average molecular weight is 218 g/mol. The van der Waals surface area contributed by atoms with Crippen LogP contribution in [-0.2, 0) is 4.79 Å². The molecular weight excluding hydrogens is 204 g/mol. The van der Waals surface area contributed by atoms with Crippen LogP contribution in [0.5, 0.6) is 0 Å². The van der Waals surface area contributed by atoms with E-state index in [1.54, 1.807) is 0 Å². The summed E-state index contributed by atoms with van der Waals surface area (Å²) in [4.78, 5) is 18.7. The highest BCUT2D eigenvalue weighted by Crippen LogP contribution is 2.17. The number of nitrogens with zero attached hydrogens (tertiary/aromatic N) is 1. The average Bonchev–Trinajstić information content (AvgIpc) is 2.57. The van der Waals surface area contributed by atoms with E-state index in [4.69, 9.17) is 5.73 Å². The monoisotopic (exact) mass is 218 g/mol. The maximum atomic E-state index is 11.3. The molecule has 84 valence electrons. The van der Waals surface area contributed by atoms with Gasteiger partial charge in [-0.3, -0.25) is 4.79 Å². The van der Waals surface area contributed by atoms with Gasteiger partial charge in [-0.25, -0.2) is 4.98 Å². The zero-order valence-corrected chi connectivity index (χ0v) is 9.08. The predicted molar refractivity (Wildman–Crippen MR) is 63.1 cm³/mol. The lowest BCUT2D eigenvalue weighted by Crippen LogP contribution is -2.16. The number of hydrogen-bond donors (Lipinski definition) is 3. The number of carbonyl (C=O) groups is 1. The maximum absolute atomic E-state index is 11.3. The minimum absolute atomic E-state index is 0.0712. The molecule has 0 aliphatic carbocycles. The Balaban J connectivity index is 2.22. The molecule has 0 radical (unpaired) electrons. The molecule has 4 N–H and O–H groups in total. The SMILES string of the molecule is Cc1nc2ccc(NC(=O)CCN)cc2[nH]1. The highest BCUT2D eigenvalue weighted by atomic mass is 16.1. The van der Waals surface area contributed by atoms with Gasteiger partial charge in [-0.05, 0) is 25.1 Å². The number of hydrogen-bond acceptors (Lipinski definition) is 3. The second-order valence-electron chi connectivity index (χ2n) is 3.64. The van der Waals surface area contributed by atoms with Crippen LogP contribution in [0.1, 0.15) is 12.2 Å². The first-order chi connectivity index (χ1) is 7.69. The van der Waals surface area contributed by atoms with Crippen LogP contribution in [0.15, 0.2) is 18.2 Å². The Morgan fingerprint density at radius 2 is 2.38 bits per heavy atom. The number of aromatic nitrogens is 2. The fourth-order valence-corrected chi connectivity index (χ4v) is 1.57. The summed E-state index contributed by atoms with van der Waals surface area (Å²) in [5.41, 5.74) is 7.88. The van der Waals surface area contributed by atoms with Crippen LogP contribution in [0.2, 0.25) is 0 Å². The van der Waals surface area contributed by atoms with Crippen LogP contribution in [-0.4, -0.2) is 22.4 Å². The van der Waals surface area contributed by atoms with Crippen molar-refractivity contribution in [1.82, 2.24) is 9.97 Å². The number of anilines is 1. The molecule has 1 aromatic carbocycles. The molecule has 2 rings (SSSR count). The van der Waals surface area contributed by atoms with Crippen molar-refractivity contribution in [2.75, 3.05) is 11.9 Å². The third-order valence-corrected chi connectivity index (χ3v) is 2.26. The molecule has 16 heavy (non-hydrogen) atoms. The minimum atomic E-state index is -0.0712. The van der Waals surface area contributed by atoms with Gasteiger partial charge in [-0.1, -0.05) is 0 Å². The smallest absolute Gasteiger partial charge is 0.225 e. The number of rotatable bonds is 3. The number of H-pyrrole nitrogens is 1. The first-order valence-electron chi connectivity index (χ1n) is 5.15. The number of nitrogens with one attached hydrogen (secondary N) is 2. The van der Waals surface area contributed by atoms with Crippen molar-refractivity contribution in [3.8, 4) is 0 Å². The van der Waals surface area contributed by atoms with Gasteiger partial charge in [0.15, 0.2) is 0 Å². The van der Waals surface area contributed by atoms with Gasteiger partial charge in [0.2, 0.25) is 5.91 Å². The molecule has 1 heterocycles. The molecule has 0 aliphatic rings.